The van der Waals surface area contributed by atoms with Crippen LogP contribution in [0.15, 0.2) is 54.9 Å². The number of aromatic nitrogens is 2. The average Bonchev–Trinajstić information content (AvgIpc) is 3.40. The Labute approximate surface area is 208 Å². The molecule has 1 aromatic heterocycles. The number of hydrogen-bond donors (Lipinski definition) is 2. The van der Waals surface area contributed by atoms with E-state index in [0.29, 0.717) is 22.4 Å². The molecule has 0 bridgehead atoms. The van der Waals surface area contributed by atoms with Crippen LogP contribution in [0.5, 0.6) is 11.8 Å². The number of carbonyl (C=O) groups is 1. The van der Waals surface area contributed by atoms with Crippen LogP contribution < -0.4 is 20.1 Å². The minimum atomic E-state index is -0.238. The summed E-state index contributed by atoms with van der Waals surface area (Å²) in [6, 6.07) is 13.2. The largest absolute Gasteiger partial charge is 0.497 e. The van der Waals surface area contributed by atoms with Crippen LogP contribution >= 0.6 is 23.2 Å². The molecule has 178 valence electrons. The lowest BCUT2D eigenvalue weighted by molar-refractivity contribution is -0.124. The number of hydrogen-bond acceptors (Lipinski definition) is 6. The highest BCUT2D eigenvalue weighted by Gasteiger charge is 2.27. The summed E-state index contributed by atoms with van der Waals surface area (Å²) >= 11 is 12.6. The Morgan fingerprint density at radius 2 is 1.91 bits per heavy atom. The zero-order valence-corrected chi connectivity index (χ0v) is 20.3. The quantitative estimate of drug-likeness (QED) is 0.458. The monoisotopic (exact) mass is 500 g/mol. The number of rotatable bonds is 9. The van der Waals surface area contributed by atoms with Crippen LogP contribution in [-0.4, -0.2) is 48.7 Å². The lowest BCUT2D eigenvalue weighted by Gasteiger charge is -2.25. The van der Waals surface area contributed by atoms with Gasteiger partial charge in [-0.15, -0.1) is 0 Å². The lowest BCUT2D eigenvalue weighted by atomic mass is 9.92. The highest BCUT2D eigenvalue weighted by Crippen LogP contribution is 2.28. The van der Waals surface area contributed by atoms with E-state index in [1.807, 2.05) is 36.4 Å². The van der Waals surface area contributed by atoms with Crippen molar-refractivity contribution in [2.45, 2.75) is 18.9 Å². The van der Waals surface area contributed by atoms with E-state index in [2.05, 4.69) is 20.6 Å². The fourth-order valence-electron chi connectivity index (χ4n) is 4.00. The summed E-state index contributed by atoms with van der Waals surface area (Å²) in [6.45, 7) is 1.58. The molecule has 0 spiro atoms. The van der Waals surface area contributed by atoms with Crippen LogP contribution in [-0.2, 0) is 11.2 Å². The molecule has 4 rings (SSSR count). The Bertz CT molecular complexity index is 1100. The first kappa shape index (κ1) is 24.3. The molecule has 2 N–H and O–H groups in total. The second kappa shape index (κ2) is 11.5. The number of ether oxygens (including phenoxy) is 2. The second-order valence-corrected chi connectivity index (χ2v) is 8.90. The Kier molecular flexibility index (Phi) is 8.21. The summed E-state index contributed by atoms with van der Waals surface area (Å²) in [5.41, 5.74) is 2.70. The van der Waals surface area contributed by atoms with Gasteiger partial charge in [-0.1, -0.05) is 47.5 Å². The third kappa shape index (κ3) is 6.17. The van der Waals surface area contributed by atoms with E-state index in [1.165, 1.54) is 0 Å². The maximum absolute atomic E-state index is 12.7. The van der Waals surface area contributed by atoms with E-state index in [1.54, 1.807) is 25.6 Å². The van der Waals surface area contributed by atoms with Gasteiger partial charge in [0.2, 0.25) is 0 Å². The molecule has 1 fully saturated rings. The van der Waals surface area contributed by atoms with Gasteiger partial charge < -0.3 is 20.1 Å². The number of nitrogens with zero attached hydrogens (tertiary/aromatic N) is 2. The van der Waals surface area contributed by atoms with E-state index in [-0.39, 0.29) is 24.6 Å². The van der Waals surface area contributed by atoms with Gasteiger partial charge >= 0.3 is 6.01 Å². The van der Waals surface area contributed by atoms with Crippen molar-refractivity contribution in [1.29, 1.82) is 0 Å². The van der Waals surface area contributed by atoms with E-state index in [4.69, 9.17) is 32.7 Å². The van der Waals surface area contributed by atoms with E-state index in [0.717, 1.165) is 42.0 Å². The van der Waals surface area contributed by atoms with Gasteiger partial charge in [0.05, 0.1) is 17.2 Å². The third-order valence-corrected chi connectivity index (χ3v) is 6.73. The summed E-state index contributed by atoms with van der Waals surface area (Å²) in [4.78, 5) is 21.1. The zero-order chi connectivity index (χ0) is 23.9. The molecule has 2 heterocycles. The molecule has 2 atom stereocenters. The fraction of sp³-hybridized carbons (Fsp3) is 0.320. The second-order valence-electron chi connectivity index (χ2n) is 8.12. The lowest BCUT2D eigenvalue weighted by Crippen LogP contribution is -2.44. The van der Waals surface area contributed by atoms with Crippen LogP contribution in [0, 0.1) is 5.92 Å². The molecular weight excluding hydrogens is 475 g/mol. The van der Waals surface area contributed by atoms with Gasteiger partial charge in [-0.25, -0.2) is 9.97 Å². The Morgan fingerprint density at radius 3 is 2.59 bits per heavy atom. The number of carbonyl (C=O) groups excluding carboxylic acids is 1. The minimum Gasteiger partial charge on any atom is -0.497 e. The van der Waals surface area contributed by atoms with Crippen molar-refractivity contribution in [2.24, 2.45) is 5.92 Å². The highest BCUT2D eigenvalue weighted by molar-refractivity contribution is 6.42. The molecule has 1 saturated heterocycles. The Balaban J connectivity index is 1.35. The smallest absolute Gasteiger partial charge is 0.316 e. The Morgan fingerprint density at radius 1 is 1.15 bits per heavy atom. The SMILES string of the molecule is COc1ccc(-c2cnc(OCC(=O)NC(Cc3cccc(Cl)c3Cl)C3CCNC3)nc2)cc1. The molecule has 7 nitrogen and oxygen atoms in total. The molecular formula is C25H26Cl2N4O3. The summed E-state index contributed by atoms with van der Waals surface area (Å²) in [7, 11) is 1.62. The molecule has 3 aromatic rings. The fourth-order valence-corrected chi connectivity index (χ4v) is 4.40. The van der Waals surface area contributed by atoms with Gasteiger partial charge in [0.1, 0.15) is 5.75 Å². The normalized spacial score (nSPS) is 16.1. The van der Waals surface area contributed by atoms with Crippen LogP contribution in [0.3, 0.4) is 0 Å². The number of benzene rings is 2. The summed E-state index contributed by atoms with van der Waals surface area (Å²) in [5.74, 6) is 0.830. The van der Waals surface area contributed by atoms with Crippen LogP contribution in [0.4, 0.5) is 0 Å². The van der Waals surface area contributed by atoms with Crippen LogP contribution in [0.2, 0.25) is 10.0 Å². The van der Waals surface area contributed by atoms with Crippen LogP contribution in [0.25, 0.3) is 11.1 Å². The molecule has 1 amide bonds. The zero-order valence-electron chi connectivity index (χ0n) is 18.8. The van der Waals surface area contributed by atoms with Crippen molar-refractivity contribution < 1.29 is 14.3 Å². The van der Waals surface area contributed by atoms with Crippen molar-refractivity contribution in [3.8, 4) is 22.9 Å². The van der Waals surface area contributed by atoms with Crippen molar-refractivity contribution in [1.82, 2.24) is 20.6 Å². The Hall–Kier alpha value is -2.87. The first-order valence-electron chi connectivity index (χ1n) is 11.1. The third-order valence-electron chi connectivity index (χ3n) is 5.87. The van der Waals surface area contributed by atoms with Crippen molar-refractivity contribution in [3.63, 3.8) is 0 Å². The maximum Gasteiger partial charge on any atom is 0.316 e. The minimum absolute atomic E-state index is 0.0968. The molecule has 2 aromatic carbocycles. The van der Waals surface area contributed by atoms with Gasteiger partial charge in [-0.05, 0) is 61.2 Å². The predicted molar refractivity (Wildman–Crippen MR) is 133 cm³/mol. The van der Waals surface area contributed by atoms with E-state index >= 15 is 0 Å². The summed E-state index contributed by atoms with van der Waals surface area (Å²) in [6.07, 6.45) is 4.89. The first-order chi connectivity index (χ1) is 16.5. The first-order valence-corrected chi connectivity index (χ1v) is 11.8. The molecule has 9 heteroatoms. The van der Waals surface area contributed by atoms with Gasteiger partial charge in [-0.2, -0.15) is 0 Å². The molecule has 1 aliphatic heterocycles. The molecule has 0 saturated carbocycles. The molecule has 34 heavy (non-hydrogen) atoms. The van der Waals surface area contributed by atoms with Gasteiger partial charge in [0, 0.05) is 24.0 Å². The van der Waals surface area contributed by atoms with Gasteiger partial charge in [-0.3, -0.25) is 4.79 Å². The van der Waals surface area contributed by atoms with Crippen molar-refractivity contribution in [2.75, 3.05) is 26.8 Å². The van der Waals surface area contributed by atoms with E-state index in [9.17, 15) is 4.79 Å². The molecule has 1 aliphatic rings. The summed E-state index contributed by atoms with van der Waals surface area (Å²) in [5, 5.41) is 7.48. The number of methoxy groups -OCH3 is 1. The highest BCUT2D eigenvalue weighted by atomic mass is 35.5. The molecule has 0 radical (unpaired) electrons. The molecule has 2 unspecified atom stereocenters. The number of amides is 1. The number of nitrogens with one attached hydrogen (secondary N) is 2. The predicted octanol–water partition coefficient (Wildman–Crippen LogP) is 4.17. The maximum atomic E-state index is 12.7. The van der Waals surface area contributed by atoms with Gasteiger partial charge in [0.15, 0.2) is 6.61 Å². The molecule has 0 aliphatic carbocycles. The standard InChI is InChI=1S/C25H26Cl2N4O3/c1-33-20-7-5-16(6-8-20)19-13-29-25(30-14-19)34-15-23(32)31-22(18-9-10-28-12-18)11-17-3-2-4-21(26)24(17)27/h2-8,13-14,18,22,28H,9-12,15H2,1H3,(H,31,32). The summed E-state index contributed by atoms with van der Waals surface area (Å²) < 4.78 is 10.7. The topological polar surface area (TPSA) is 85.4 Å². The van der Waals surface area contributed by atoms with E-state index < -0.39 is 0 Å². The van der Waals surface area contributed by atoms with Crippen LogP contribution in [0.1, 0.15) is 12.0 Å². The number of halogens is 2. The van der Waals surface area contributed by atoms with Crippen molar-refractivity contribution >= 4 is 29.1 Å². The van der Waals surface area contributed by atoms with Gasteiger partial charge in [0.25, 0.3) is 5.91 Å². The average molecular weight is 501 g/mol. The van der Waals surface area contributed by atoms with Crippen molar-refractivity contribution in [3.05, 3.63) is 70.5 Å².